The van der Waals surface area contributed by atoms with Crippen LogP contribution in [-0.2, 0) is 10.0 Å². The van der Waals surface area contributed by atoms with E-state index in [1.807, 2.05) is 18.2 Å². The molecule has 1 heterocycles. The van der Waals surface area contributed by atoms with Crippen LogP contribution in [0.15, 0.2) is 65.6 Å². The quantitative estimate of drug-likeness (QED) is 0.705. The van der Waals surface area contributed by atoms with Gasteiger partial charge in [-0.2, -0.15) is 0 Å². The van der Waals surface area contributed by atoms with E-state index in [0.29, 0.717) is 35.7 Å². The van der Waals surface area contributed by atoms with Gasteiger partial charge in [-0.3, -0.25) is 0 Å². The third-order valence-electron chi connectivity index (χ3n) is 4.46. The molecule has 0 radical (unpaired) electrons. The number of hydrogen-bond donors (Lipinski definition) is 2. The summed E-state index contributed by atoms with van der Waals surface area (Å²) in [4.78, 5) is 0.190. The van der Waals surface area contributed by atoms with Crippen LogP contribution in [0.5, 0.6) is 11.5 Å². The highest BCUT2D eigenvalue weighted by molar-refractivity contribution is 7.89. The summed E-state index contributed by atoms with van der Waals surface area (Å²) in [7, 11) is -3.77. The summed E-state index contributed by atoms with van der Waals surface area (Å²) in [6.45, 7) is 0.783. The molecule has 0 bridgehead atoms. The van der Waals surface area contributed by atoms with Gasteiger partial charge in [0.2, 0.25) is 10.0 Å². The van der Waals surface area contributed by atoms with Gasteiger partial charge in [-0.05, 0) is 29.1 Å². The molecule has 7 heteroatoms. The first-order valence-corrected chi connectivity index (χ1v) is 10.1. The zero-order valence-corrected chi connectivity index (χ0v) is 15.3. The monoisotopic (exact) mass is 385 g/mol. The fraction of sp³-hybridized carbons (Fsp3) is 0.200. The van der Waals surface area contributed by atoms with Crippen LogP contribution < -0.4 is 14.2 Å². The van der Waals surface area contributed by atoms with Gasteiger partial charge in [-0.1, -0.05) is 42.5 Å². The topological polar surface area (TPSA) is 84.9 Å². The standard InChI is InChI=1S/C20H19NO5S/c22-17(15-8-9-18-19(12-15)26-11-10-25-18)13-21-27(23,24)20-7-3-5-14-4-1-2-6-16(14)20/h1-9,12,17,21-22H,10-11,13H2/t17-/m0/s1. The molecule has 0 aromatic heterocycles. The Labute approximate surface area is 157 Å². The van der Waals surface area contributed by atoms with E-state index < -0.39 is 16.1 Å². The van der Waals surface area contributed by atoms with Crippen molar-refractivity contribution in [2.45, 2.75) is 11.0 Å². The fourth-order valence-electron chi connectivity index (χ4n) is 3.08. The van der Waals surface area contributed by atoms with Crippen molar-refractivity contribution < 1.29 is 23.0 Å². The third-order valence-corrected chi connectivity index (χ3v) is 5.94. The number of fused-ring (bicyclic) bond motifs is 2. The summed E-state index contributed by atoms with van der Waals surface area (Å²) in [5.41, 5.74) is 0.555. The second-order valence-corrected chi connectivity index (χ2v) is 7.98. The molecule has 3 aromatic carbocycles. The lowest BCUT2D eigenvalue weighted by Crippen LogP contribution is -2.28. The molecule has 0 spiro atoms. The maximum Gasteiger partial charge on any atom is 0.241 e. The van der Waals surface area contributed by atoms with Crippen LogP contribution in [0.2, 0.25) is 0 Å². The molecule has 1 aliphatic rings. The predicted octanol–water partition coefficient (Wildman–Crippen LogP) is 2.62. The SMILES string of the molecule is O=S(=O)(NC[C@H](O)c1ccc2c(c1)OCCO2)c1cccc2ccccc12. The normalized spacial score (nSPS) is 14.9. The first kappa shape index (κ1) is 17.8. The average Bonchev–Trinajstić information content (AvgIpc) is 2.71. The highest BCUT2D eigenvalue weighted by atomic mass is 32.2. The molecule has 1 aliphatic heterocycles. The van der Waals surface area contributed by atoms with Crippen molar-refractivity contribution in [2.75, 3.05) is 19.8 Å². The van der Waals surface area contributed by atoms with E-state index in [2.05, 4.69) is 4.72 Å². The summed E-state index contributed by atoms with van der Waals surface area (Å²) >= 11 is 0. The van der Waals surface area contributed by atoms with Crippen molar-refractivity contribution in [2.24, 2.45) is 0 Å². The average molecular weight is 385 g/mol. The number of aliphatic hydroxyl groups excluding tert-OH is 1. The van der Waals surface area contributed by atoms with Crippen molar-refractivity contribution in [1.82, 2.24) is 4.72 Å². The number of ether oxygens (including phenoxy) is 2. The van der Waals surface area contributed by atoms with Crippen LogP contribution in [0.1, 0.15) is 11.7 Å². The Bertz CT molecular complexity index is 1080. The first-order chi connectivity index (χ1) is 13.0. The smallest absolute Gasteiger partial charge is 0.241 e. The van der Waals surface area contributed by atoms with Crippen molar-refractivity contribution in [3.63, 3.8) is 0 Å². The van der Waals surface area contributed by atoms with Crippen molar-refractivity contribution in [3.8, 4) is 11.5 Å². The molecule has 4 rings (SSSR count). The minimum absolute atomic E-state index is 0.148. The van der Waals surface area contributed by atoms with E-state index in [0.717, 1.165) is 5.39 Å². The first-order valence-electron chi connectivity index (χ1n) is 8.60. The largest absolute Gasteiger partial charge is 0.486 e. The molecule has 1 atom stereocenters. The van der Waals surface area contributed by atoms with Gasteiger partial charge in [0.25, 0.3) is 0 Å². The molecule has 3 aromatic rings. The van der Waals surface area contributed by atoms with Gasteiger partial charge >= 0.3 is 0 Å². The maximum atomic E-state index is 12.7. The molecular weight excluding hydrogens is 366 g/mol. The predicted molar refractivity (Wildman–Crippen MR) is 102 cm³/mol. The molecule has 0 amide bonds. The molecule has 6 nitrogen and oxygen atoms in total. The fourth-order valence-corrected chi connectivity index (χ4v) is 4.35. The molecule has 2 N–H and O–H groups in total. The lowest BCUT2D eigenvalue weighted by Gasteiger charge is -2.20. The highest BCUT2D eigenvalue weighted by Crippen LogP contribution is 2.32. The number of rotatable bonds is 5. The van der Waals surface area contributed by atoms with E-state index in [1.165, 1.54) is 0 Å². The maximum absolute atomic E-state index is 12.7. The van der Waals surface area contributed by atoms with Gasteiger partial charge in [0, 0.05) is 11.9 Å². The Balaban J connectivity index is 1.53. The Morgan fingerprint density at radius 1 is 0.963 bits per heavy atom. The molecule has 27 heavy (non-hydrogen) atoms. The van der Waals surface area contributed by atoms with E-state index >= 15 is 0 Å². The molecule has 140 valence electrons. The van der Waals surface area contributed by atoms with Crippen molar-refractivity contribution in [3.05, 3.63) is 66.2 Å². The lowest BCUT2D eigenvalue weighted by atomic mass is 10.1. The van der Waals surface area contributed by atoms with Crippen molar-refractivity contribution in [1.29, 1.82) is 0 Å². The van der Waals surface area contributed by atoms with Crippen LogP contribution in [0.3, 0.4) is 0 Å². The third kappa shape index (κ3) is 3.62. The molecular formula is C20H19NO5S. The lowest BCUT2D eigenvalue weighted by molar-refractivity contribution is 0.165. The van der Waals surface area contributed by atoms with Crippen LogP contribution >= 0.6 is 0 Å². The summed E-state index contributed by atoms with van der Waals surface area (Å²) in [6.07, 6.45) is -1.01. The molecule has 0 aliphatic carbocycles. The van der Waals surface area contributed by atoms with Gasteiger partial charge in [-0.15, -0.1) is 0 Å². The summed E-state index contributed by atoms with van der Waals surface area (Å²) in [6, 6.07) is 17.5. The minimum Gasteiger partial charge on any atom is -0.486 e. The van der Waals surface area contributed by atoms with Gasteiger partial charge < -0.3 is 14.6 Å². The van der Waals surface area contributed by atoms with Crippen molar-refractivity contribution >= 4 is 20.8 Å². The van der Waals surface area contributed by atoms with Gasteiger partial charge in [0.15, 0.2) is 11.5 Å². The number of sulfonamides is 1. The van der Waals surface area contributed by atoms with Crippen LogP contribution in [0.25, 0.3) is 10.8 Å². The van der Waals surface area contributed by atoms with E-state index in [1.54, 1.807) is 42.5 Å². The Morgan fingerprint density at radius 2 is 1.70 bits per heavy atom. The Morgan fingerprint density at radius 3 is 2.56 bits per heavy atom. The van der Waals surface area contributed by atoms with Gasteiger partial charge in [0.05, 0.1) is 11.0 Å². The molecule has 0 saturated carbocycles. The zero-order valence-electron chi connectivity index (χ0n) is 14.5. The summed E-state index contributed by atoms with van der Waals surface area (Å²) in [5, 5.41) is 11.9. The van der Waals surface area contributed by atoms with Crippen LogP contribution in [0, 0.1) is 0 Å². The molecule has 0 fully saturated rings. The van der Waals surface area contributed by atoms with E-state index in [9.17, 15) is 13.5 Å². The number of nitrogens with one attached hydrogen (secondary N) is 1. The second-order valence-electron chi connectivity index (χ2n) is 6.25. The van der Waals surface area contributed by atoms with E-state index in [-0.39, 0.29) is 11.4 Å². The number of benzene rings is 3. The molecule has 0 unspecified atom stereocenters. The van der Waals surface area contributed by atoms with Gasteiger partial charge in [0.1, 0.15) is 13.2 Å². The highest BCUT2D eigenvalue weighted by Gasteiger charge is 2.20. The minimum atomic E-state index is -3.77. The number of aliphatic hydroxyl groups is 1. The summed E-state index contributed by atoms with van der Waals surface area (Å²) < 4.78 is 38.9. The van der Waals surface area contributed by atoms with E-state index in [4.69, 9.17) is 9.47 Å². The Hall–Kier alpha value is -2.61. The number of hydrogen-bond acceptors (Lipinski definition) is 5. The summed E-state index contributed by atoms with van der Waals surface area (Å²) in [5.74, 6) is 1.17. The van der Waals surface area contributed by atoms with Crippen LogP contribution in [0.4, 0.5) is 0 Å². The van der Waals surface area contributed by atoms with Gasteiger partial charge in [-0.25, -0.2) is 13.1 Å². The Kier molecular flexibility index (Phi) is 4.73. The second kappa shape index (κ2) is 7.19. The zero-order chi connectivity index (χ0) is 18.9. The molecule has 0 saturated heterocycles. The van der Waals surface area contributed by atoms with Crippen LogP contribution in [-0.4, -0.2) is 33.3 Å².